The van der Waals surface area contributed by atoms with Crippen molar-refractivity contribution in [3.05, 3.63) is 84.4 Å². The topological polar surface area (TPSA) is 127 Å². The van der Waals surface area contributed by atoms with Gasteiger partial charge in [0.2, 0.25) is 0 Å². The minimum atomic E-state index is -0.478. The van der Waals surface area contributed by atoms with Crippen molar-refractivity contribution >= 4 is 16.7 Å². The molecule has 1 atom stereocenters. The lowest BCUT2D eigenvalue weighted by atomic mass is 9.98. The molecule has 1 aliphatic rings. The molecule has 0 radical (unpaired) electrons. The predicted molar refractivity (Wildman–Crippen MR) is 112 cm³/mol. The normalized spacial score (nSPS) is 15.6. The zero-order valence-electron chi connectivity index (χ0n) is 16.7. The fraction of sp³-hybridized carbons (Fsp3) is 0.136. The number of imidazole rings is 1. The van der Waals surface area contributed by atoms with Crippen molar-refractivity contribution in [1.82, 2.24) is 40.0 Å². The van der Waals surface area contributed by atoms with Crippen LogP contribution in [0.15, 0.2) is 65.9 Å². The Morgan fingerprint density at radius 3 is 2.84 bits per heavy atom. The van der Waals surface area contributed by atoms with Crippen molar-refractivity contribution in [2.24, 2.45) is 0 Å². The van der Waals surface area contributed by atoms with Crippen LogP contribution in [0.1, 0.15) is 33.8 Å². The second-order valence-corrected chi connectivity index (χ2v) is 7.38. The molecule has 10 heteroatoms. The molecule has 0 aliphatic carbocycles. The van der Waals surface area contributed by atoms with E-state index in [4.69, 9.17) is 4.42 Å². The predicted octanol–water partition coefficient (Wildman–Crippen LogP) is 2.59. The number of pyridine rings is 1. The van der Waals surface area contributed by atoms with Gasteiger partial charge in [-0.05, 0) is 11.5 Å². The maximum Gasteiger partial charge on any atom is 0.312 e. The molecule has 4 aromatic heterocycles. The Morgan fingerprint density at radius 2 is 1.97 bits per heavy atom. The van der Waals surface area contributed by atoms with Gasteiger partial charge in [-0.2, -0.15) is 0 Å². The molecule has 5 heterocycles. The van der Waals surface area contributed by atoms with Crippen LogP contribution in [-0.4, -0.2) is 52.5 Å². The quantitative estimate of drug-likeness (QED) is 0.468. The number of aromatic amines is 1. The largest absolute Gasteiger partial charge is 0.411 e. The first-order valence-corrected chi connectivity index (χ1v) is 10.1. The fourth-order valence-electron chi connectivity index (χ4n) is 3.99. The van der Waals surface area contributed by atoms with Gasteiger partial charge in [0.1, 0.15) is 11.7 Å². The molecule has 1 aliphatic heterocycles. The second-order valence-electron chi connectivity index (χ2n) is 7.38. The van der Waals surface area contributed by atoms with E-state index >= 15 is 0 Å². The average molecular weight is 424 g/mol. The molecule has 6 rings (SSSR count). The summed E-state index contributed by atoms with van der Waals surface area (Å²) in [5.74, 6) is -0.365. The van der Waals surface area contributed by atoms with Crippen LogP contribution >= 0.6 is 0 Å². The van der Waals surface area contributed by atoms with Crippen LogP contribution in [0, 0.1) is 0 Å². The van der Waals surface area contributed by atoms with E-state index in [9.17, 15) is 4.79 Å². The number of nitrogens with one attached hydrogen (secondary N) is 1. The average Bonchev–Trinajstić information content (AvgIpc) is 3.53. The third kappa shape index (κ3) is 3.00. The van der Waals surface area contributed by atoms with Gasteiger partial charge < -0.3 is 14.3 Å². The Bertz CT molecular complexity index is 1430. The zero-order chi connectivity index (χ0) is 21.5. The first-order chi connectivity index (χ1) is 15.8. The molecule has 1 amide bonds. The molecule has 0 bridgehead atoms. The Hall–Kier alpha value is -4.47. The Kier molecular flexibility index (Phi) is 4.20. The summed E-state index contributed by atoms with van der Waals surface area (Å²) in [6, 6.07) is 9.48. The molecule has 0 fully saturated rings. The number of hydrogen-bond donors (Lipinski definition) is 1. The molecular formula is C22H16N8O2. The highest BCUT2D eigenvalue weighted by Gasteiger charge is 2.37. The fourth-order valence-corrected chi connectivity index (χ4v) is 3.99. The summed E-state index contributed by atoms with van der Waals surface area (Å²) in [5.41, 5.74) is 2.87. The highest BCUT2D eigenvalue weighted by Crippen LogP contribution is 2.34. The maximum absolute atomic E-state index is 13.5. The third-order valence-electron chi connectivity index (χ3n) is 5.51. The van der Waals surface area contributed by atoms with Crippen molar-refractivity contribution < 1.29 is 9.21 Å². The molecule has 0 saturated carbocycles. The summed E-state index contributed by atoms with van der Waals surface area (Å²) in [4.78, 5) is 35.6. The Morgan fingerprint density at radius 1 is 1.06 bits per heavy atom. The van der Waals surface area contributed by atoms with Gasteiger partial charge >= 0.3 is 11.8 Å². The number of carbonyl (C=O) groups is 1. The first-order valence-electron chi connectivity index (χ1n) is 10.1. The van der Waals surface area contributed by atoms with Gasteiger partial charge in [0, 0.05) is 42.6 Å². The van der Waals surface area contributed by atoms with Crippen LogP contribution < -0.4 is 0 Å². The smallest absolute Gasteiger partial charge is 0.312 e. The summed E-state index contributed by atoms with van der Waals surface area (Å²) >= 11 is 0. The number of aromatic nitrogens is 7. The molecule has 1 aromatic carbocycles. The second kappa shape index (κ2) is 7.34. The van der Waals surface area contributed by atoms with Crippen molar-refractivity contribution in [1.29, 1.82) is 0 Å². The lowest BCUT2D eigenvalue weighted by Crippen LogP contribution is -2.41. The zero-order valence-corrected chi connectivity index (χ0v) is 16.7. The molecular weight excluding hydrogens is 408 g/mol. The molecule has 0 saturated heterocycles. The van der Waals surface area contributed by atoms with E-state index in [1.165, 1.54) is 12.4 Å². The number of rotatable bonds is 3. The molecule has 156 valence electrons. The highest BCUT2D eigenvalue weighted by molar-refractivity contribution is 5.90. The van der Waals surface area contributed by atoms with E-state index in [0.717, 1.165) is 27.9 Å². The van der Waals surface area contributed by atoms with Crippen LogP contribution in [0.4, 0.5) is 0 Å². The SMILES string of the molecule is O=C(c1nnc(-c2cnccn2)o1)N1CCc2[nH]cnc2[C@H]1c1cc2ccccc2cn1. The van der Waals surface area contributed by atoms with E-state index in [2.05, 4.69) is 35.1 Å². The van der Waals surface area contributed by atoms with Gasteiger partial charge in [-0.15, -0.1) is 10.2 Å². The number of nitrogens with zero attached hydrogens (tertiary/aromatic N) is 7. The van der Waals surface area contributed by atoms with Gasteiger partial charge in [-0.1, -0.05) is 24.3 Å². The Labute approximate surface area is 181 Å². The third-order valence-corrected chi connectivity index (χ3v) is 5.51. The number of carbonyl (C=O) groups excluding carboxylic acids is 1. The minimum absolute atomic E-state index is 0.115. The van der Waals surface area contributed by atoms with E-state index in [0.29, 0.717) is 18.7 Å². The van der Waals surface area contributed by atoms with Crippen molar-refractivity contribution in [2.75, 3.05) is 6.54 Å². The molecule has 1 N–H and O–H groups in total. The van der Waals surface area contributed by atoms with Crippen molar-refractivity contribution in [3.63, 3.8) is 0 Å². The number of benzene rings is 1. The van der Waals surface area contributed by atoms with Gasteiger partial charge in [0.25, 0.3) is 5.89 Å². The number of hydrogen-bond acceptors (Lipinski definition) is 8. The number of H-pyrrole nitrogens is 1. The lowest BCUT2D eigenvalue weighted by Gasteiger charge is -2.33. The molecule has 32 heavy (non-hydrogen) atoms. The minimum Gasteiger partial charge on any atom is -0.411 e. The Balaban J connectivity index is 1.40. The van der Waals surface area contributed by atoms with Crippen molar-refractivity contribution in [2.45, 2.75) is 12.5 Å². The number of amides is 1. The van der Waals surface area contributed by atoms with Crippen LogP contribution in [-0.2, 0) is 6.42 Å². The molecule has 10 nitrogen and oxygen atoms in total. The van der Waals surface area contributed by atoms with Crippen LogP contribution in [0.5, 0.6) is 0 Å². The first kappa shape index (κ1) is 18.3. The molecule has 0 spiro atoms. The summed E-state index contributed by atoms with van der Waals surface area (Å²) in [7, 11) is 0. The standard InChI is InChI=1S/C22H16N8O2/c31-22(21-29-28-20(32-21)17-11-23-6-7-24-17)30-8-5-15-18(27-12-26-15)19(30)16-9-13-3-1-2-4-14(13)10-25-16/h1-4,6-7,9-12,19H,5,8H2,(H,26,27)/t19-/m1/s1. The monoisotopic (exact) mass is 424 g/mol. The van der Waals surface area contributed by atoms with E-state index in [-0.39, 0.29) is 17.7 Å². The lowest BCUT2D eigenvalue weighted by molar-refractivity contribution is 0.0647. The summed E-state index contributed by atoms with van der Waals surface area (Å²) in [6.07, 6.45) is 8.66. The van der Waals surface area contributed by atoms with Crippen LogP contribution in [0.2, 0.25) is 0 Å². The highest BCUT2D eigenvalue weighted by atomic mass is 16.4. The van der Waals surface area contributed by atoms with Crippen molar-refractivity contribution in [3.8, 4) is 11.6 Å². The van der Waals surface area contributed by atoms with E-state index < -0.39 is 6.04 Å². The van der Waals surface area contributed by atoms with Gasteiger partial charge in [-0.3, -0.25) is 14.8 Å². The number of fused-ring (bicyclic) bond motifs is 2. The van der Waals surface area contributed by atoms with Gasteiger partial charge in [-0.25, -0.2) is 9.97 Å². The summed E-state index contributed by atoms with van der Waals surface area (Å²) < 4.78 is 5.64. The van der Waals surface area contributed by atoms with E-state index in [1.807, 2.05) is 36.5 Å². The van der Waals surface area contributed by atoms with Gasteiger partial charge in [0.15, 0.2) is 0 Å². The summed E-state index contributed by atoms with van der Waals surface area (Å²) in [5, 5.41) is 10.00. The van der Waals surface area contributed by atoms with Crippen LogP contribution in [0.25, 0.3) is 22.4 Å². The molecule has 5 aromatic rings. The maximum atomic E-state index is 13.5. The summed E-state index contributed by atoms with van der Waals surface area (Å²) in [6.45, 7) is 0.454. The van der Waals surface area contributed by atoms with E-state index in [1.54, 1.807) is 17.4 Å². The molecule has 0 unspecified atom stereocenters. The van der Waals surface area contributed by atoms with Crippen LogP contribution in [0.3, 0.4) is 0 Å². The van der Waals surface area contributed by atoms with Gasteiger partial charge in [0.05, 0.1) is 23.9 Å².